The van der Waals surface area contributed by atoms with E-state index in [4.69, 9.17) is 22.4 Å². The van der Waals surface area contributed by atoms with Gasteiger partial charge in [-0.15, -0.1) is 0 Å². The molecular formula is C8H11ClN2O. The normalized spacial score (nSPS) is 15.7. The molecule has 0 aliphatic rings. The van der Waals surface area contributed by atoms with Crippen molar-refractivity contribution in [1.82, 2.24) is 4.98 Å². The van der Waals surface area contributed by atoms with Crippen molar-refractivity contribution in [2.24, 2.45) is 5.73 Å². The fraction of sp³-hybridized carbons (Fsp3) is 0.375. The Hall–Kier alpha value is -0.640. The van der Waals surface area contributed by atoms with E-state index in [9.17, 15) is 0 Å². The quantitative estimate of drug-likeness (QED) is 0.675. The Morgan fingerprint density at radius 2 is 2.42 bits per heavy atom. The van der Waals surface area contributed by atoms with Crippen LogP contribution in [0, 0.1) is 0 Å². The molecule has 0 aliphatic heterocycles. The van der Waals surface area contributed by atoms with Crippen LogP contribution < -0.4 is 5.73 Å². The lowest BCUT2D eigenvalue weighted by atomic mass is 9.96. The molecule has 0 bridgehead atoms. The van der Waals surface area contributed by atoms with Gasteiger partial charge in [0.1, 0.15) is 5.15 Å². The van der Waals surface area contributed by atoms with Gasteiger partial charge in [-0.05, 0) is 24.6 Å². The van der Waals surface area contributed by atoms with Gasteiger partial charge in [0.05, 0.1) is 12.1 Å². The highest BCUT2D eigenvalue weighted by molar-refractivity contribution is 6.29. The van der Waals surface area contributed by atoms with Gasteiger partial charge >= 0.3 is 0 Å². The van der Waals surface area contributed by atoms with E-state index in [0.29, 0.717) is 5.15 Å². The number of nitrogens with two attached hydrogens (primary N) is 1. The summed E-state index contributed by atoms with van der Waals surface area (Å²) < 4.78 is 0. The summed E-state index contributed by atoms with van der Waals surface area (Å²) >= 11 is 5.66. The Balaban J connectivity index is 3.03. The van der Waals surface area contributed by atoms with E-state index in [2.05, 4.69) is 4.98 Å². The van der Waals surface area contributed by atoms with Crippen LogP contribution in [0.5, 0.6) is 0 Å². The molecule has 0 aliphatic carbocycles. The fourth-order valence-corrected chi connectivity index (χ4v) is 1.02. The van der Waals surface area contributed by atoms with E-state index in [1.54, 1.807) is 25.3 Å². The molecule has 0 saturated heterocycles. The van der Waals surface area contributed by atoms with E-state index < -0.39 is 5.54 Å². The highest BCUT2D eigenvalue weighted by Gasteiger charge is 2.19. The van der Waals surface area contributed by atoms with Crippen LogP contribution in [0.1, 0.15) is 12.5 Å². The lowest BCUT2D eigenvalue weighted by molar-refractivity contribution is 0.210. The third-order valence-corrected chi connectivity index (χ3v) is 1.92. The molecule has 0 saturated carbocycles. The van der Waals surface area contributed by atoms with Crippen LogP contribution in [-0.4, -0.2) is 16.7 Å². The topological polar surface area (TPSA) is 59.1 Å². The van der Waals surface area contributed by atoms with E-state index in [1.807, 2.05) is 0 Å². The molecule has 0 radical (unpaired) electrons. The maximum atomic E-state index is 8.95. The van der Waals surface area contributed by atoms with E-state index in [-0.39, 0.29) is 6.61 Å². The molecule has 1 rings (SSSR count). The van der Waals surface area contributed by atoms with Gasteiger partial charge in [0, 0.05) is 6.20 Å². The molecule has 66 valence electrons. The van der Waals surface area contributed by atoms with Crippen LogP contribution in [0.15, 0.2) is 18.3 Å². The molecule has 12 heavy (non-hydrogen) atoms. The van der Waals surface area contributed by atoms with Crippen molar-refractivity contribution in [3.8, 4) is 0 Å². The van der Waals surface area contributed by atoms with Gasteiger partial charge in [0.2, 0.25) is 0 Å². The molecular weight excluding hydrogens is 176 g/mol. The second kappa shape index (κ2) is 3.39. The van der Waals surface area contributed by atoms with Crippen molar-refractivity contribution in [3.05, 3.63) is 29.0 Å². The second-order valence-corrected chi connectivity index (χ2v) is 3.33. The largest absolute Gasteiger partial charge is 0.394 e. The minimum atomic E-state index is -0.743. The van der Waals surface area contributed by atoms with Crippen molar-refractivity contribution in [1.29, 1.82) is 0 Å². The molecule has 3 N–H and O–H groups in total. The third-order valence-electron chi connectivity index (χ3n) is 1.71. The Morgan fingerprint density at radius 1 is 1.75 bits per heavy atom. The standard InChI is InChI=1S/C8H11ClN2O/c1-8(10,5-12)6-2-3-11-7(9)4-6/h2-4,12H,5,10H2,1H3/t8-/m1/s1. The number of aliphatic hydroxyl groups is 1. The number of hydrogen-bond acceptors (Lipinski definition) is 3. The molecule has 0 unspecified atom stereocenters. The first kappa shape index (κ1) is 9.45. The SMILES string of the molecule is C[C@@](N)(CO)c1ccnc(Cl)c1. The van der Waals surface area contributed by atoms with Gasteiger partial charge in [0.15, 0.2) is 0 Å². The lowest BCUT2D eigenvalue weighted by Gasteiger charge is -2.21. The Labute approximate surface area is 76.2 Å². The van der Waals surface area contributed by atoms with E-state index >= 15 is 0 Å². The van der Waals surface area contributed by atoms with Crippen molar-refractivity contribution in [2.75, 3.05) is 6.61 Å². The summed E-state index contributed by atoms with van der Waals surface area (Å²) in [6.45, 7) is 1.62. The smallest absolute Gasteiger partial charge is 0.129 e. The van der Waals surface area contributed by atoms with Crippen molar-refractivity contribution >= 4 is 11.6 Å². The number of hydrogen-bond donors (Lipinski definition) is 2. The van der Waals surface area contributed by atoms with Crippen LogP contribution in [0.4, 0.5) is 0 Å². The van der Waals surface area contributed by atoms with Crippen molar-refractivity contribution in [2.45, 2.75) is 12.5 Å². The summed E-state index contributed by atoms with van der Waals surface area (Å²) in [6.07, 6.45) is 1.57. The number of pyridine rings is 1. The van der Waals surface area contributed by atoms with Gasteiger partial charge < -0.3 is 10.8 Å². The van der Waals surface area contributed by atoms with Crippen LogP contribution in [0.25, 0.3) is 0 Å². The van der Waals surface area contributed by atoms with E-state index in [1.165, 1.54) is 0 Å². The summed E-state index contributed by atoms with van der Waals surface area (Å²) in [4.78, 5) is 3.82. The lowest BCUT2D eigenvalue weighted by Crippen LogP contribution is -2.36. The number of rotatable bonds is 2. The van der Waals surface area contributed by atoms with Gasteiger partial charge in [-0.3, -0.25) is 0 Å². The first-order chi connectivity index (χ1) is 5.56. The molecule has 1 heterocycles. The van der Waals surface area contributed by atoms with Crippen molar-refractivity contribution in [3.63, 3.8) is 0 Å². The zero-order chi connectivity index (χ0) is 9.19. The maximum Gasteiger partial charge on any atom is 0.129 e. The fourth-order valence-electron chi connectivity index (χ4n) is 0.849. The summed E-state index contributed by atoms with van der Waals surface area (Å²) in [7, 11) is 0. The molecule has 0 amide bonds. The minimum Gasteiger partial charge on any atom is -0.394 e. The zero-order valence-corrected chi connectivity index (χ0v) is 7.54. The number of nitrogens with zero attached hydrogens (tertiary/aromatic N) is 1. The minimum absolute atomic E-state index is 0.118. The Kier molecular flexibility index (Phi) is 2.67. The molecule has 4 heteroatoms. The number of halogens is 1. The van der Waals surface area contributed by atoms with Gasteiger partial charge in [0.25, 0.3) is 0 Å². The summed E-state index contributed by atoms with van der Waals surface area (Å²) in [5.41, 5.74) is 5.81. The van der Waals surface area contributed by atoms with Crippen molar-refractivity contribution < 1.29 is 5.11 Å². The van der Waals surface area contributed by atoms with Gasteiger partial charge in [-0.25, -0.2) is 4.98 Å². The first-order valence-corrected chi connectivity index (χ1v) is 3.96. The summed E-state index contributed by atoms with van der Waals surface area (Å²) in [5, 5.41) is 9.34. The predicted octanol–water partition coefficient (Wildman–Crippen LogP) is 0.901. The monoisotopic (exact) mass is 186 g/mol. The first-order valence-electron chi connectivity index (χ1n) is 3.58. The van der Waals surface area contributed by atoms with Crippen LogP contribution in [0.3, 0.4) is 0 Å². The van der Waals surface area contributed by atoms with Crippen LogP contribution in [0.2, 0.25) is 5.15 Å². The average molecular weight is 187 g/mol. The highest BCUT2D eigenvalue weighted by atomic mass is 35.5. The third kappa shape index (κ3) is 1.94. The van der Waals surface area contributed by atoms with Crippen LogP contribution >= 0.6 is 11.6 Å². The molecule has 0 fully saturated rings. The maximum absolute atomic E-state index is 8.95. The molecule has 1 aromatic heterocycles. The van der Waals surface area contributed by atoms with Gasteiger partial charge in [-0.1, -0.05) is 11.6 Å². The molecule has 1 atom stereocenters. The summed E-state index contributed by atoms with van der Waals surface area (Å²) in [6, 6.07) is 3.39. The molecule has 1 aromatic rings. The van der Waals surface area contributed by atoms with Gasteiger partial charge in [-0.2, -0.15) is 0 Å². The van der Waals surface area contributed by atoms with Crippen LogP contribution in [-0.2, 0) is 5.54 Å². The molecule has 0 spiro atoms. The zero-order valence-electron chi connectivity index (χ0n) is 6.79. The molecule has 3 nitrogen and oxygen atoms in total. The predicted molar refractivity (Wildman–Crippen MR) is 47.9 cm³/mol. The Morgan fingerprint density at radius 3 is 2.92 bits per heavy atom. The number of aromatic nitrogens is 1. The Bertz CT molecular complexity index is 276. The second-order valence-electron chi connectivity index (χ2n) is 2.94. The number of aliphatic hydroxyl groups excluding tert-OH is 1. The van der Waals surface area contributed by atoms with E-state index in [0.717, 1.165) is 5.56 Å². The molecule has 0 aromatic carbocycles. The highest BCUT2D eigenvalue weighted by Crippen LogP contribution is 2.18. The summed E-state index contributed by atoms with van der Waals surface area (Å²) in [5.74, 6) is 0. The average Bonchev–Trinajstić information content (AvgIpc) is 2.05.